The summed E-state index contributed by atoms with van der Waals surface area (Å²) in [6, 6.07) is -0.916. The normalized spacial score (nSPS) is 18.1. The molecule has 3 rings (SSSR count). The minimum absolute atomic E-state index is 0.120. The van der Waals surface area contributed by atoms with Gasteiger partial charge >= 0.3 is 6.03 Å². The molecule has 1 unspecified atom stereocenters. The number of carbonyl (C=O) groups excluding carboxylic acids is 2. The second-order valence-corrected chi connectivity index (χ2v) is 6.85. The molecule has 1 fully saturated rings. The minimum atomic E-state index is -0.550. The first-order chi connectivity index (χ1) is 12.0. The molecular weight excluding hydrogens is 342 g/mol. The molecule has 3 heterocycles. The zero-order valence-corrected chi connectivity index (χ0v) is 15.1. The molecule has 0 aromatic carbocycles. The molecule has 0 aliphatic carbocycles. The van der Waals surface area contributed by atoms with E-state index in [1.54, 1.807) is 11.8 Å². The number of aromatic nitrogens is 2. The molecule has 2 N–H and O–H groups in total. The summed E-state index contributed by atoms with van der Waals surface area (Å²) in [5, 5.41) is 13.2. The topological polar surface area (TPSA) is 100 Å². The van der Waals surface area contributed by atoms with Crippen molar-refractivity contribution >= 4 is 29.0 Å². The molecule has 1 atom stereocenters. The van der Waals surface area contributed by atoms with Gasteiger partial charge in [0.15, 0.2) is 5.82 Å². The summed E-state index contributed by atoms with van der Waals surface area (Å²) in [5.74, 6) is 0.827. The largest absolute Gasteiger partial charge is 0.337 e. The van der Waals surface area contributed by atoms with E-state index in [1.807, 2.05) is 17.7 Å². The molecule has 9 heteroatoms. The lowest BCUT2D eigenvalue weighted by Crippen LogP contribution is -2.48. The molecule has 0 saturated carbocycles. The van der Waals surface area contributed by atoms with E-state index in [1.165, 1.54) is 11.3 Å². The lowest BCUT2D eigenvalue weighted by Gasteiger charge is -2.23. The first-order valence-electron chi connectivity index (χ1n) is 8.21. The monoisotopic (exact) mass is 363 g/mol. The zero-order valence-electron chi connectivity index (χ0n) is 14.2. The average Bonchev–Trinajstić information content (AvgIpc) is 3.12. The first-order valence-corrected chi connectivity index (χ1v) is 9.15. The van der Waals surface area contributed by atoms with Gasteiger partial charge in [0, 0.05) is 11.9 Å². The Morgan fingerprint density at radius 3 is 2.92 bits per heavy atom. The maximum absolute atomic E-state index is 12.8. The van der Waals surface area contributed by atoms with Crippen molar-refractivity contribution in [2.24, 2.45) is 0 Å². The number of hydrogen-bond donors (Lipinski definition) is 2. The number of urea groups is 1. The van der Waals surface area contributed by atoms with Crippen molar-refractivity contribution in [1.82, 2.24) is 20.4 Å². The average molecular weight is 363 g/mol. The number of hydrogen-bond acceptors (Lipinski definition) is 6. The second-order valence-electron chi connectivity index (χ2n) is 6.11. The molecule has 134 valence electrons. The van der Waals surface area contributed by atoms with Crippen LogP contribution < -0.4 is 10.6 Å². The highest BCUT2D eigenvalue weighted by molar-refractivity contribution is 7.08. The predicted octanol–water partition coefficient (Wildman–Crippen LogP) is 2.45. The fraction of sp³-hybridized carbons (Fsp3) is 0.500. The van der Waals surface area contributed by atoms with E-state index in [0.717, 1.165) is 24.1 Å². The van der Waals surface area contributed by atoms with Gasteiger partial charge in [-0.3, -0.25) is 4.79 Å². The highest BCUT2D eigenvalue weighted by atomic mass is 32.1. The summed E-state index contributed by atoms with van der Waals surface area (Å²) in [7, 11) is 0. The lowest BCUT2D eigenvalue weighted by atomic mass is 10.1. The molecule has 1 aliphatic rings. The molecule has 0 radical (unpaired) electrons. The molecule has 2 aromatic rings. The number of thiophene rings is 1. The van der Waals surface area contributed by atoms with Gasteiger partial charge in [0.05, 0.1) is 5.69 Å². The van der Waals surface area contributed by atoms with E-state index >= 15 is 0 Å². The van der Waals surface area contributed by atoms with E-state index in [9.17, 15) is 9.59 Å². The molecule has 8 nitrogen and oxygen atoms in total. The van der Waals surface area contributed by atoms with Crippen LogP contribution in [0.2, 0.25) is 0 Å². The maximum Gasteiger partial charge on any atom is 0.319 e. The standard InChI is InChI=1S/C16H21N5O3S/c1-10-8-25-9-13(10)19-16(23)18-12-5-3-4-6-21(15(12)22)7-14-17-11(2)20-24-14/h8-9,12H,3-7H2,1-2H3,(H2,18,19,23). The number of carbonyl (C=O) groups is 2. The summed E-state index contributed by atoms with van der Waals surface area (Å²) in [6.07, 6.45) is 2.37. The summed E-state index contributed by atoms with van der Waals surface area (Å²) < 4.78 is 5.10. The van der Waals surface area contributed by atoms with Crippen LogP contribution in [0.1, 0.15) is 36.5 Å². The highest BCUT2D eigenvalue weighted by Gasteiger charge is 2.29. The van der Waals surface area contributed by atoms with Crippen LogP contribution >= 0.6 is 11.3 Å². The van der Waals surface area contributed by atoms with Gasteiger partial charge in [-0.15, -0.1) is 11.3 Å². The van der Waals surface area contributed by atoms with Gasteiger partial charge in [0.2, 0.25) is 11.8 Å². The molecule has 2 aromatic heterocycles. The van der Waals surface area contributed by atoms with Crippen LogP contribution in [-0.4, -0.2) is 39.6 Å². The van der Waals surface area contributed by atoms with Gasteiger partial charge in [-0.05, 0) is 44.1 Å². The Balaban J connectivity index is 1.62. The van der Waals surface area contributed by atoms with Gasteiger partial charge in [0.1, 0.15) is 12.6 Å². The van der Waals surface area contributed by atoms with Gasteiger partial charge in [-0.2, -0.15) is 4.98 Å². The van der Waals surface area contributed by atoms with Crippen LogP contribution in [0.5, 0.6) is 0 Å². The lowest BCUT2D eigenvalue weighted by molar-refractivity contribution is -0.133. The summed E-state index contributed by atoms with van der Waals surface area (Å²) in [5.41, 5.74) is 1.77. The second kappa shape index (κ2) is 7.64. The van der Waals surface area contributed by atoms with Crippen molar-refractivity contribution in [3.05, 3.63) is 28.0 Å². The van der Waals surface area contributed by atoms with Crippen LogP contribution in [0, 0.1) is 13.8 Å². The van der Waals surface area contributed by atoms with Crippen molar-refractivity contribution in [2.75, 3.05) is 11.9 Å². The van der Waals surface area contributed by atoms with E-state index in [-0.39, 0.29) is 18.5 Å². The van der Waals surface area contributed by atoms with Crippen LogP contribution in [0.15, 0.2) is 15.3 Å². The Hall–Kier alpha value is -2.42. The summed E-state index contributed by atoms with van der Waals surface area (Å²) >= 11 is 1.52. The van der Waals surface area contributed by atoms with Crippen molar-refractivity contribution in [2.45, 2.75) is 45.7 Å². The summed E-state index contributed by atoms with van der Waals surface area (Å²) in [4.78, 5) is 30.8. The van der Waals surface area contributed by atoms with E-state index in [0.29, 0.717) is 24.7 Å². The number of nitrogens with one attached hydrogen (secondary N) is 2. The molecule has 0 spiro atoms. The summed E-state index contributed by atoms with van der Waals surface area (Å²) in [6.45, 7) is 4.54. The fourth-order valence-corrected chi connectivity index (χ4v) is 3.55. The Labute approximate surface area is 149 Å². The number of likely N-dealkylation sites (tertiary alicyclic amines) is 1. The van der Waals surface area contributed by atoms with E-state index < -0.39 is 6.04 Å². The van der Waals surface area contributed by atoms with Crippen molar-refractivity contribution < 1.29 is 14.1 Å². The van der Waals surface area contributed by atoms with Crippen molar-refractivity contribution in [1.29, 1.82) is 0 Å². The number of rotatable bonds is 4. The zero-order chi connectivity index (χ0) is 17.8. The SMILES string of the molecule is Cc1noc(CN2CCCCC(NC(=O)Nc3cscc3C)C2=O)n1. The van der Waals surface area contributed by atoms with Gasteiger partial charge in [-0.25, -0.2) is 4.79 Å². The van der Waals surface area contributed by atoms with E-state index in [4.69, 9.17) is 4.52 Å². The first kappa shape index (κ1) is 17.4. The van der Waals surface area contributed by atoms with Crippen LogP contribution in [-0.2, 0) is 11.3 Å². The number of nitrogens with zero attached hydrogens (tertiary/aromatic N) is 3. The predicted molar refractivity (Wildman–Crippen MR) is 93.3 cm³/mol. The Kier molecular flexibility index (Phi) is 5.32. The fourth-order valence-electron chi connectivity index (χ4n) is 2.77. The molecular formula is C16H21N5O3S. The Morgan fingerprint density at radius 2 is 2.24 bits per heavy atom. The number of amides is 3. The molecule has 1 saturated heterocycles. The number of anilines is 1. The van der Waals surface area contributed by atoms with Gasteiger partial charge in [-0.1, -0.05) is 5.16 Å². The molecule has 3 amide bonds. The van der Waals surface area contributed by atoms with Gasteiger partial charge < -0.3 is 20.1 Å². The third-order valence-corrected chi connectivity index (χ3v) is 4.95. The maximum atomic E-state index is 12.8. The molecule has 0 bridgehead atoms. The quantitative estimate of drug-likeness (QED) is 0.869. The molecule has 1 aliphatic heterocycles. The Bertz CT molecular complexity index is 757. The Morgan fingerprint density at radius 1 is 1.40 bits per heavy atom. The third kappa shape index (κ3) is 4.36. The van der Waals surface area contributed by atoms with Crippen LogP contribution in [0.4, 0.5) is 10.5 Å². The smallest absolute Gasteiger partial charge is 0.319 e. The number of aryl methyl sites for hydroxylation is 2. The highest BCUT2D eigenvalue weighted by Crippen LogP contribution is 2.20. The minimum Gasteiger partial charge on any atom is -0.337 e. The van der Waals surface area contributed by atoms with Gasteiger partial charge in [0.25, 0.3) is 0 Å². The van der Waals surface area contributed by atoms with Crippen molar-refractivity contribution in [3.8, 4) is 0 Å². The van der Waals surface area contributed by atoms with E-state index in [2.05, 4.69) is 20.8 Å². The van der Waals surface area contributed by atoms with Crippen LogP contribution in [0.25, 0.3) is 0 Å². The van der Waals surface area contributed by atoms with Crippen molar-refractivity contribution in [3.63, 3.8) is 0 Å². The van der Waals surface area contributed by atoms with Crippen LogP contribution in [0.3, 0.4) is 0 Å². The third-order valence-electron chi connectivity index (χ3n) is 4.09. The molecule has 25 heavy (non-hydrogen) atoms.